The fourth-order valence-electron chi connectivity index (χ4n) is 12.6. The summed E-state index contributed by atoms with van der Waals surface area (Å²) in [4.78, 5) is 73.1. The van der Waals surface area contributed by atoms with Crippen molar-refractivity contribution in [3.63, 3.8) is 0 Å². The number of phosphoric ester groups is 2. The van der Waals surface area contributed by atoms with Crippen LogP contribution in [-0.2, 0) is 65.4 Å². The normalized spacial score (nSPS) is 14.2. The molecule has 3 unspecified atom stereocenters. The number of carbonyl (C=O) groups excluding carboxylic acids is 4. The van der Waals surface area contributed by atoms with E-state index < -0.39 is 97.5 Å². The summed E-state index contributed by atoms with van der Waals surface area (Å²) in [6.07, 6.45) is 60.8. The van der Waals surface area contributed by atoms with E-state index in [-0.39, 0.29) is 25.7 Å². The Hall–Kier alpha value is -1.94. The van der Waals surface area contributed by atoms with Gasteiger partial charge in [0.15, 0.2) is 12.2 Å². The fraction of sp³-hybridized carbons (Fsp3) is 0.951. The van der Waals surface area contributed by atoms with Crippen LogP contribution < -0.4 is 0 Å². The van der Waals surface area contributed by atoms with E-state index in [4.69, 9.17) is 37.0 Å². The number of aliphatic hydroxyl groups is 1. The maximum Gasteiger partial charge on any atom is 0.472 e. The molecule has 0 aromatic heterocycles. The Morgan fingerprint density at radius 1 is 0.287 bits per heavy atom. The second kappa shape index (κ2) is 72.3. The van der Waals surface area contributed by atoms with Gasteiger partial charge in [-0.2, -0.15) is 0 Å². The van der Waals surface area contributed by atoms with Crippen molar-refractivity contribution in [2.24, 2.45) is 17.8 Å². The van der Waals surface area contributed by atoms with Crippen LogP contribution in [0, 0.1) is 17.8 Å². The summed E-state index contributed by atoms with van der Waals surface area (Å²) in [5, 5.41) is 10.7. The van der Waals surface area contributed by atoms with Crippen LogP contribution in [0.4, 0.5) is 0 Å². The minimum absolute atomic E-state index is 0.107. The third kappa shape index (κ3) is 74.7. The zero-order valence-corrected chi connectivity index (χ0v) is 68.2. The molecule has 0 saturated carbocycles. The summed E-state index contributed by atoms with van der Waals surface area (Å²) in [5.41, 5.74) is 0. The largest absolute Gasteiger partial charge is 0.472 e. The van der Waals surface area contributed by atoms with Crippen LogP contribution in [0.15, 0.2) is 0 Å². The van der Waals surface area contributed by atoms with Gasteiger partial charge < -0.3 is 33.8 Å². The van der Waals surface area contributed by atoms with Crippen LogP contribution in [0.3, 0.4) is 0 Å². The number of ether oxygens (including phenoxy) is 4. The van der Waals surface area contributed by atoms with Gasteiger partial charge in [0.2, 0.25) is 0 Å². The van der Waals surface area contributed by atoms with E-state index in [1.54, 1.807) is 0 Å². The lowest BCUT2D eigenvalue weighted by molar-refractivity contribution is -0.161. The summed E-state index contributed by atoms with van der Waals surface area (Å²) in [7, 11) is -9.92. The van der Waals surface area contributed by atoms with Gasteiger partial charge in [-0.05, 0) is 43.4 Å². The molecule has 17 nitrogen and oxygen atoms in total. The Morgan fingerprint density at radius 3 is 0.752 bits per heavy atom. The SMILES string of the molecule is CCCCCCCCCCCCCCC(=O)OC[C@H](COP(=O)(O)OC[C@H](O)COP(=O)(O)OC[C@@H](COC(=O)CCCCCCCCCCCCCCCCC(C)C)OC(=O)CCCCCCCCCCCCCCCCCC(C)C)OC(=O)CCCCCCCCCCCCC(C)CC. The van der Waals surface area contributed by atoms with E-state index >= 15 is 0 Å². The Labute approximate surface area is 619 Å². The van der Waals surface area contributed by atoms with Crippen LogP contribution >= 0.6 is 15.6 Å². The van der Waals surface area contributed by atoms with Crippen molar-refractivity contribution >= 4 is 39.5 Å². The van der Waals surface area contributed by atoms with Crippen LogP contribution in [0.2, 0.25) is 0 Å². The first-order chi connectivity index (χ1) is 48.8. The van der Waals surface area contributed by atoms with Gasteiger partial charge in [0, 0.05) is 25.7 Å². The van der Waals surface area contributed by atoms with E-state index in [1.807, 2.05) is 0 Å². The topological polar surface area (TPSA) is 237 Å². The van der Waals surface area contributed by atoms with Crippen molar-refractivity contribution in [3.8, 4) is 0 Å². The molecule has 0 aromatic carbocycles. The number of rotatable bonds is 80. The summed E-state index contributed by atoms with van der Waals surface area (Å²) in [6, 6.07) is 0. The molecule has 0 saturated heterocycles. The van der Waals surface area contributed by atoms with Crippen LogP contribution in [0.1, 0.15) is 427 Å². The van der Waals surface area contributed by atoms with Gasteiger partial charge in [0.1, 0.15) is 19.3 Å². The average Bonchev–Trinajstić information content (AvgIpc) is 1.04. The Balaban J connectivity index is 5.27. The number of unbranched alkanes of at least 4 members (excludes halogenated alkanes) is 47. The van der Waals surface area contributed by atoms with Crippen molar-refractivity contribution in [1.29, 1.82) is 0 Å². The quantitative estimate of drug-likeness (QED) is 0.0222. The van der Waals surface area contributed by atoms with Crippen molar-refractivity contribution < 1.29 is 80.2 Å². The molecular formula is C82H160O17P2. The van der Waals surface area contributed by atoms with Gasteiger partial charge in [-0.25, -0.2) is 9.13 Å². The number of aliphatic hydroxyl groups excluding tert-OH is 1. The third-order valence-corrected chi connectivity index (χ3v) is 21.4. The molecule has 0 spiro atoms. The van der Waals surface area contributed by atoms with Gasteiger partial charge >= 0.3 is 39.5 Å². The molecule has 6 atom stereocenters. The lowest BCUT2D eigenvalue weighted by Crippen LogP contribution is -2.30. The highest BCUT2D eigenvalue weighted by molar-refractivity contribution is 7.47. The molecule has 0 rings (SSSR count). The van der Waals surface area contributed by atoms with Crippen molar-refractivity contribution in [2.45, 2.75) is 446 Å². The van der Waals surface area contributed by atoms with Crippen molar-refractivity contribution in [1.82, 2.24) is 0 Å². The van der Waals surface area contributed by atoms with E-state index in [2.05, 4.69) is 48.5 Å². The minimum atomic E-state index is -4.96. The van der Waals surface area contributed by atoms with E-state index in [1.165, 1.54) is 238 Å². The number of esters is 4. The second-order valence-corrected chi connectivity index (χ2v) is 33.6. The highest BCUT2D eigenvalue weighted by Gasteiger charge is 2.30. The summed E-state index contributed by atoms with van der Waals surface area (Å²) in [6.45, 7) is 12.0. The van der Waals surface area contributed by atoms with Gasteiger partial charge in [-0.1, -0.05) is 376 Å². The molecule has 600 valence electrons. The van der Waals surface area contributed by atoms with Gasteiger partial charge in [-0.3, -0.25) is 37.3 Å². The first kappa shape index (κ1) is 99.1. The lowest BCUT2D eigenvalue weighted by Gasteiger charge is -2.21. The van der Waals surface area contributed by atoms with Crippen LogP contribution in [0.5, 0.6) is 0 Å². The van der Waals surface area contributed by atoms with E-state index in [9.17, 15) is 43.2 Å². The second-order valence-electron chi connectivity index (χ2n) is 30.7. The molecule has 0 radical (unpaired) electrons. The smallest absolute Gasteiger partial charge is 0.462 e. The van der Waals surface area contributed by atoms with Crippen molar-refractivity contribution in [3.05, 3.63) is 0 Å². The molecule has 0 aliphatic carbocycles. The van der Waals surface area contributed by atoms with Crippen LogP contribution in [0.25, 0.3) is 0 Å². The van der Waals surface area contributed by atoms with Gasteiger partial charge in [0.05, 0.1) is 26.4 Å². The third-order valence-electron chi connectivity index (χ3n) is 19.5. The van der Waals surface area contributed by atoms with E-state index in [0.29, 0.717) is 25.7 Å². The summed E-state index contributed by atoms with van der Waals surface area (Å²) >= 11 is 0. The minimum Gasteiger partial charge on any atom is -0.462 e. The first-order valence-electron chi connectivity index (χ1n) is 42.4. The molecule has 0 amide bonds. The molecule has 0 aromatic rings. The Morgan fingerprint density at radius 2 is 0.505 bits per heavy atom. The lowest BCUT2D eigenvalue weighted by atomic mass is 9.99. The number of phosphoric acid groups is 2. The monoisotopic (exact) mass is 1480 g/mol. The number of hydrogen-bond acceptors (Lipinski definition) is 15. The summed E-state index contributed by atoms with van der Waals surface area (Å²) < 4.78 is 68.8. The van der Waals surface area contributed by atoms with E-state index in [0.717, 1.165) is 108 Å². The molecule has 101 heavy (non-hydrogen) atoms. The highest BCUT2D eigenvalue weighted by Crippen LogP contribution is 2.45. The first-order valence-corrected chi connectivity index (χ1v) is 45.4. The molecular weight excluding hydrogens is 1320 g/mol. The summed E-state index contributed by atoms with van der Waals surface area (Å²) in [5.74, 6) is 0.297. The number of carbonyl (C=O) groups is 4. The zero-order valence-electron chi connectivity index (χ0n) is 66.4. The highest BCUT2D eigenvalue weighted by atomic mass is 31.2. The van der Waals surface area contributed by atoms with Crippen LogP contribution in [-0.4, -0.2) is 96.7 Å². The maximum absolute atomic E-state index is 13.1. The molecule has 0 aliphatic rings. The van der Waals surface area contributed by atoms with Gasteiger partial charge in [0.25, 0.3) is 0 Å². The predicted octanol–water partition coefficient (Wildman–Crippen LogP) is 24.5. The zero-order chi connectivity index (χ0) is 74.4. The fourth-order valence-corrected chi connectivity index (χ4v) is 14.2. The molecule has 19 heteroatoms. The molecule has 0 aliphatic heterocycles. The van der Waals surface area contributed by atoms with Crippen molar-refractivity contribution in [2.75, 3.05) is 39.6 Å². The molecule has 0 fully saturated rings. The number of hydrogen-bond donors (Lipinski definition) is 3. The average molecular weight is 1480 g/mol. The Kier molecular flexibility index (Phi) is 70.9. The molecule has 3 N–H and O–H groups in total. The Bertz CT molecular complexity index is 1960. The maximum atomic E-state index is 13.1. The van der Waals surface area contributed by atoms with Gasteiger partial charge in [-0.15, -0.1) is 0 Å². The molecule has 0 heterocycles. The standard InChI is InChI=1S/C82H160O17P2/c1-8-10-11-12-13-14-15-27-35-42-49-56-63-79(84)92-70-78(99-82(87)66-59-52-45-38-31-30-34-41-48-55-62-75(7)9-2)72-97-101(90,91)95-68-76(83)67-94-100(88,89)96-71-77(69-93-80(85)64-57-50-43-36-28-23-20-19-22-26-33-40-47-54-61-74(5)6)98-81(86)65-58-51-44-37-29-24-18-16-17-21-25-32-39-46-53-60-73(3)4/h73-78,83H,8-72H2,1-7H3,(H,88,89)(H,90,91)/t75?,76-,77-,78-/m1/s1. The molecule has 0 bridgehead atoms. The predicted molar refractivity (Wildman–Crippen MR) is 414 cm³/mol.